The van der Waals surface area contributed by atoms with Crippen LogP contribution in [0, 0.1) is 0 Å². The van der Waals surface area contributed by atoms with Crippen LogP contribution in [0.4, 0.5) is 10.2 Å². The monoisotopic (exact) mass is 673 g/mol. The van der Waals surface area contributed by atoms with Gasteiger partial charge in [0.05, 0.1) is 34.0 Å². The first-order valence-corrected chi connectivity index (χ1v) is 17.7. The van der Waals surface area contributed by atoms with Crippen molar-refractivity contribution in [3.05, 3.63) is 57.4 Å². The van der Waals surface area contributed by atoms with Gasteiger partial charge in [0.1, 0.15) is 18.6 Å². The summed E-state index contributed by atoms with van der Waals surface area (Å²) in [5.41, 5.74) is 6.06. The van der Waals surface area contributed by atoms with Crippen molar-refractivity contribution in [1.82, 2.24) is 49.8 Å². The number of aromatic nitrogens is 8. The molecule has 2 saturated heterocycles. The van der Waals surface area contributed by atoms with Crippen LogP contribution in [0.3, 0.4) is 0 Å². The highest BCUT2D eigenvalue weighted by Gasteiger charge is 2.50. The summed E-state index contributed by atoms with van der Waals surface area (Å²) in [7, 11) is 4.03. The zero-order valence-corrected chi connectivity index (χ0v) is 28.3. The van der Waals surface area contributed by atoms with E-state index >= 15 is 0 Å². The van der Waals surface area contributed by atoms with Gasteiger partial charge in [0.25, 0.3) is 0 Å². The minimum Gasteiger partial charge on any atom is -0.461 e. The Morgan fingerprint density at radius 2 is 1.94 bits per heavy atom. The molecule has 12 nitrogen and oxygen atoms in total. The highest BCUT2D eigenvalue weighted by molar-refractivity contribution is 6.33. The Bertz CT molecular complexity index is 1880. The summed E-state index contributed by atoms with van der Waals surface area (Å²) in [6.07, 6.45) is 6.65. The molecule has 14 heteroatoms. The van der Waals surface area contributed by atoms with Crippen LogP contribution in [-0.4, -0.2) is 94.8 Å². The van der Waals surface area contributed by atoms with Crippen LogP contribution in [0.1, 0.15) is 66.6 Å². The zero-order chi connectivity index (χ0) is 32.6. The van der Waals surface area contributed by atoms with E-state index in [-0.39, 0.29) is 11.1 Å². The predicted octanol–water partition coefficient (Wildman–Crippen LogP) is 4.10. The number of hydrogen-bond donors (Lipinski definition) is 0. The Hall–Kier alpha value is -3.68. The van der Waals surface area contributed by atoms with E-state index < -0.39 is 6.17 Å². The van der Waals surface area contributed by atoms with E-state index in [1.165, 1.54) is 11.1 Å². The van der Waals surface area contributed by atoms with Gasteiger partial charge < -0.3 is 9.64 Å². The van der Waals surface area contributed by atoms with E-state index in [9.17, 15) is 4.39 Å². The number of likely N-dealkylation sites (N-methyl/N-ethyl adjacent to an activating group) is 1. The van der Waals surface area contributed by atoms with Crippen molar-refractivity contribution >= 4 is 17.4 Å². The van der Waals surface area contributed by atoms with Crippen molar-refractivity contribution in [2.45, 2.75) is 88.3 Å². The van der Waals surface area contributed by atoms with Gasteiger partial charge in [-0.2, -0.15) is 15.1 Å². The second kappa shape index (κ2) is 11.4. The Balaban J connectivity index is 1.11. The third kappa shape index (κ3) is 4.75. The summed E-state index contributed by atoms with van der Waals surface area (Å²) in [6.45, 7) is 4.55. The number of rotatable bonds is 5. The van der Waals surface area contributed by atoms with Gasteiger partial charge in [0.15, 0.2) is 5.69 Å². The molecule has 0 N–H and O–H groups in total. The number of hydrogen-bond acceptors (Lipinski definition) is 10. The maximum atomic E-state index is 14.6. The van der Waals surface area contributed by atoms with Gasteiger partial charge in [0.2, 0.25) is 5.82 Å². The third-order valence-corrected chi connectivity index (χ3v) is 12.1. The summed E-state index contributed by atoms with van der Waals surface area (Å²) < 4.78 is 24.8. The number of tetrazole rings is 1. The lowest BCUT2D eigenvalue weighted by Crippen LogP contribution is -2.51. The summed E-state index contributed by atoms with van der Waals surface area (Å²) in [6, 6.07) is 9.28. The molecule has 1 aliphatic carbocycles. The molecule has 0 saturated carbocycles. The molecule has 0 unspecified atom stereocenters. The molecule has 0 radical (unpaired) electrons. The molecule has 3 atom stereocenters. The zero-order valence-electron chi connectivity index (χ0n) is 27.6. The van der Waals surface area contributed by atoms with Crippen LogP contribution < -0.4 is 9.64 Å². The number of alkyl halides is 1. The average Bonchev–Trinajstić information content (AvgIpc) is 3.79. The normalized spacial score (nSPS) is 27.1. The Morgan fingerprint density at radius 1 is 1.04 bits per heavy atom. The minimum absolute atomic E-state index is 0.141. The van der Waals surface area contributed by atoms with Gasteiger partial charge in [-0.15, -0.1) is 5.10 Å². The smallest absolute Gasteiger partial charge is 0.318 e. The van der Waals surface area contributed by atoms with Crippen molar-refractivity contribution in [2.75, 3.05) is 38.2 Å². The van der Waals surface area contributed by atoms with Crippen molar-refractivity contribution in [3.63, 3.8) is 0 Å². The molecule has 4 aromatic rings. The number of nitrogens with zero attached hydrogens (tertiary/aromatic N) is 11. The van der Waals surface area contributed by atoms with Gasteiger partial charge in [-0.1, -0.05) is 35.9 Å². The van der Waals surface area contributed by atoms with Crippen LogP contribution in [0.15, 0.2) is 24.3 Å². The first-order valence-electron chi connectivity index (χ1n) is 17.3. The Labute approximate surface area is 284 Å². The molecule has 5 aliphatic rings. The number of aryl methyl sites for hydroxylation is 3. The van der Waals surface area contributed by atoms with Gasteiger partial charge >= 0.3 is 6.01 Å². The molecule has 48 heavy (non-hydrogen) atoms. The molecule has 0 bridgehead atoms. The maximum absolute atomic E-state index is 14.6. The summed E-state index contributed by atoms with van der Waals surface area (Å²) in [5.74, 6) is 1.41. The first-order chi connectivity index (χ1) is 23.3. The van der Waals surface area contributed by atoms with E-state index in [1.807, 2.05) is 4.68 Å². The molecular formula is C34H41ClFN11O. The first kappa shape index (κ1) is 30.4. The lowest BCUT2D eigenvalue weighted by Gasteiger charge is -2.49. The fraction of sp³-hybridized carbons (Fsp3) is 0.588. The van der Waals surface area contributed by atoms with Gasteiger partial charge in [0, 0.05) is 51.6 Å². The fourth-order valence-electron chi connectivity index (χ4n) is 9.29. The number of halogens is 2. The van der Waals surface area contributed by atoms with Gasteiger partial charge in [-0.05, 0) is 73.7 Å². The summed E-state index contributed by atoms with van der Waals surface area (Å²) in [5, 5.41) is 17.3. The molecule has 7 heterocycles. The van der Waals surface area contributed by atoms with E-state index in [0.717, 1.165) is 93.9 Å². The van der Waals surface area contributed by atoms with Gasteiger partial charge in [-0.3, -0.25) is 14.5 Å². The molecule has 0 amide bonds. The second-order valence-corrected chi connectivity index (χ2v) is 14.8. The summed E-state index contributed by atoms with van der Waals surface area (Å²) >= 11 is 7.04. The van der Waals surface area contributed by atoms with Crippen molar-refractivity contribution in [2.24, 2.45) is 7.05 Å². The molecule has 3 aromatic heterocycles. The molecule has 1 aromatic carbocycles. The van der Waals surface area contributed by atoms with Crippen LogP contribution in [0.25, 0.3) is 11.5 Å². The molecule has 4 aliphatic heterocycles. The maximum Gasteiger partial charge on any atom is 0.318 e. The molecule has 2 fully saturated rings. The van der Waals surface area contributed by atoms with Crippen LogP contribution in [0.2, 0.25) is 5.02 Å². The van der Waals surface area contributed by atoms with E-state index in [4.69, 9.17) is 31.4 Å². The topological polar surface area (TPSA) is 106 Å². The second-order valence-electron chi connectivity index (χ2n) is 14.4. The minimum atomic E-state index is -0.815. The Kier molecular flexibility index (Phi) is 7.25. The molecule has 9 rings (SSSR count). The number of fused-ring (bicyclic) bond motifs is 5. The third-order valence-electron chi connectivity index (χ3n) is 11.7. The van der Waals surface area contributed by atoms with Crippen molar-refractivity contribution in [3.8, 4) is 17.5 Å². The van der Waals surface area contributed by atoms with E-state index in [2.05, 4.69) is 61.5 Å². The number of anilines is 1. The molecule has 252 valence electrons. The standard InChI is InChI=1S/C34H41ClFN11O/c1-43-19-24-26(17-34(43)12-5-9-22-8-3-4-10-25(22)34)37-32(48-21-33-11-6-14-46(33)18-23(36)16-33)38-30(24)45-13-7-15-47-27(20-45)28(35)29(40-47)31-39-41-42-44(31)2/h3-4,8,10,23H,5-7,9,11-21H2,1-2H3/t23-,33+,34+/m1/s1. The average molecular weight is 674 g/mol. The van der Waals surface area contributed by atoms with E-state index in [0.29, 0.717) is 48.7 Å². The van der Waals surface area contributed by atoms with Crippen LogP contribution in [0.5, 0.6) is 6.01 Å². The lowest BCUT2D eigenvalue weighted by molar-refractivity contribution is 0.0714. The van der Waals surface area contributed by atoms with Crippen molar-refractivity contribution in [1.29, 1.82) is 0 Å². The fourth-order valence-corrected chi connectivity index (χ4v) is 9.57. The quantitative estimate of drug-likeness (QED) is 0.308. The SMILES string of the molecule is CN1Cc2c(nc(OC[C@@]34CCCN3C[C@H](F)C4)nc2N2CCCn3nc(-c4nnnn4C)c(Cl)c3C2)C[C@]12CCCc1ccccc12. The lowest BCUT2D eigenvalue weighted by atomic mass is 9.71. The highest BCUT2D eigenvalue weighted by atomic mass is 35.5. The van der Waals surface area contributed by atoms with Crippen LogP contribution in [-0.2, 0) is 45.1 Å². The number of ether oxygens (including phenoxy) is 1. The molecular weight excluding hydrogens is 633 g/mol. The largest absolute Gasteiger partial charge is 0.461 e. The van der Waals surface area contributed by atoms with Gasteiger partial charge in [-0.25, -0.2) is 9.07 Å². The van der Waals surface area contributed by atoms with Crippen LogP contribution >= 0.6 is 11.6 Å². The van der Waals surface area contributed by atoms with E-state index in [1.54, 1.807) is 11.7 Å². The molecule has 1 spiro atoms. The van der Waals surface area contributed by atoms with Crippen molar-refractivity contribution < 1.29 is 9.13 Å². The summed E-state index contributed by atoms with van der Waals surface area (Å²) in [4.78, 5) is 17.5. The predicted molar refractivity (Wildman–Crippen MR) is 178 cm³/mol. The number of benzene rings is 1. The Morgan fingerprint density at radius 3 is 2.81 bits per heavy atom. The highest BCUT2D eigenvalue weighted by Crippen LogP contribution is 2.48.